The van der Waals surface area contributed by atoms with Crippen LogP contribution >= 0.6 is 0 Å². The van der Waals surface area contributed by atoms with Gasteiger partial charge in [-0.1, -0.05) is 0 Å². The van der Waals surface area contributed by atoms with E-state index in [4.69, 9.17) is 10.5 Å². The van der Waals surface area contributed by atoms with Crippen LogP contribution in [0.3, 0.4) is 0 Å². The van der Waals surface area contributed by atoms with Gasteiger partial charge in [-0.15, -0.1) is 0 Å². The molecule has 0 bridgehead atoms. The summed E-state index contributed by atoms with van der Waals surface area (Å²) in [6, 6.07) is 0.226. The van der Waals surface area contributed by atoms with Crippen LogP contribution in [0.1, 0.15) is 13.3 Å². The Hall–Kier alpha value is -0.810. The molecule has 0 aliphatic carbocycles. The highest BCUT2D eigenvalue weighted by atomic mass is 16.5. The van der Waals surface area contributed by atoms with Crippen molar-refractivity contribution >= 4 is 6.03 Å². The third-order valence-electron chi connectivity index (χ3n) is 2.53. The van der Waals surface area contributed by atoms with E-state index in [1.54, 1.807) is 4.90 Å². The largest absolute Gasteiger partial charge is 0.378 e. The molecule has 0 spiro atoms. The maximum Gasteiger partial charge on any atom is 0.319 e. The van der Waals surface area contributed by atoms with Crippen molar-refractivity contribution in [3.63, 3.8) is 0 Å². The van der Waals surface area contributed by atoms with Crippen molar-refractivity contribution in [3.05, 3.63) is 0 Å². The van der Waals surface area contributed by atoms with Crippen molar-refractivity contribution in [1.29, 1.82) is 0 Å². The zero-order chi connectivity index (χ0) is 11.3. The van der Waals surface area contributed by atoms with Crippen LogP contribution < -0.4 is 5.73 Å². The average Bonchev–Trinajstić information content (AvgIpc) is 2.26. The monoisotopic (exact) mass is 215 g/mol. The topological polar surface area (TPSA) is 58.8 Å². The van der Waals surface area contributed by atoms with Crippen LogP contribution in [0.5, 0.6) is 0 Å². The molecule has 1 aliphatic heterocycles. The van der Waals surface area contributed by atoms with Gasteiger partial charge in [-0.25, -0.2) is 4.79 Å². The van der Waals surface area contributed by atoms with Gasteiger partial charge in [0, 0.05) is 32.7 Å². The highest BCUT2D eigenvalue weighted by Gasteiger charge is 2.19. The average molecular weight is 215 g/mol. The van der Waals surface area contributed by atoms with Gasteiger partial charge in [0.05, 0.1) is 13.2 Å². The van der Waals surface area contributed by atoms with Gasteiger partial charge < -0.3 is 20.3 Å². The van der Waals surface area contributed by atoms with Gasteiger partial charge in [-0.2, -0.15) is 0 Å². The molecule has 1 atom stereocenters. The molecular weight excluding hydrogens is 194 g/mol. The highest BCUT2D eigenvalue weighted by molar-refractivity contribution is 5.74. The van der Waals surface area contributed by atoms with E-state index in [1.165, 1.54) is 0 Å². The summed E-state index contributed by atoms with van der Waals surface area (Å²) in [6.45, 7) is 5.35. The maximum absolute atomic E-state index is 11.9. The van der Waals surface area contributed by atoms with E-state index in [2.05, 4.69) is 0 Å². The van der Waals surface area contributed by atoms with Crippen molar-refractivity contribution in [2.24, 2.45) is 5.73 Å². The van der Waals surface area contributed by atoms with Crippen LogP contribution in [-0.2, 0) is 4.74 Å². The number of hydrogen-bond donors (Lipinski definition) is 1. The fraction of sp³-hybridized carbons (Fsp3) is 0.900. The molecule has 0 aromatic rings. The van der Waals surface area contributed by atoms with E-state index in [0.29, 0.717) is 32.8 Å². The first-order valence-electron chi connectivity index (χ1n) is 5.44. The van der Waals surface area contributed by atoms with E-state index in [0.717, 1.165) is 6.42 Å². The van der Waals surface area contributed by atoms with Crippen molar-refractivity contribution < 1.29 is 9.53 Å². The van der Waals surface area contributed by atoms with Crippen molar-refractivity contribution in [1.82, 2.24) is 9.80 Å². The molecule has 15 heavy (non-hydrogen) atoms. The number of carbonyl (C=O) groups excluding carboxylic acids is 1. The van der Waals surface area contributed by atoms with E-state index in [-0.39, 0.29) is 12.1 Å². The molecule has 1 aliphatic rings. The molecule has 0 saturated carbocycles. The van der Waals surface area contributed by atoms with Crippen LogP contribution in [0.15, 0.2) is 0 Å². The van der Waals surface area contributed by atoms with Crippen molar-refractivity contribution in [2.45, 2.75) is 19.4 Å². The van der Waals surface area contributed by atoms with Crippen LogP contribution in [-0.4, -0.2) is 61.8 Å². The first kappa shape index (κ1) is 12.3. The van der Waals surface area contributed by atoms with Crippen LogP contribution in [0.4, 0.5) is 4.79 Å². The Bertz CT molecular complexity index is 203. The number of rotatable bonds is 3. The molecule has 88 valence electrons. The number of amides is 2. The molecule has 2 N–H and O–H groups in total. The molecule has 0 radical (unpaired) electrons. The van der Waals surface area contributed by atoms with Gasteiger partial charge in [0.25, 0.3) is 0 Å². The molecule has 2 amide bonds. The number of morpholine rings is 1. The number of urea groups is 1. The van der Waals surface area contributed by atoms with Gasteiger partial charge in [-0.05, 0) is 13.3 Å². The number of hydrogen-bond acceptors (Lipinski definition) is 3. The predicted molar refractivity (Wildman–Crippen MR) is 58.7 cm³/mol. The fourth-order valence-corrected chi connectivity index (χ4v) is 1.49. The van der Waals surface area contributed by atoms with Gasteiger partial charge in [0.1, 0.15) is 0 Å². The Labute approximate surface area is 91.2 Å². The van der Waals surface area contributed by atoms with Crippen molar-refractivity contribution in [3.8, 4) is 0 Å². The van der Waals surface area contributed by atoms with Gasteiger partial charge in [-0.3, -0.25) is 0 Å². The number of carbonyl (C=O) groups is 1. The summed E-state index contributed by atoms with van der Waals surface area (Å²) in [5.41, 5.74) is 5.65. The lowest BCUT2D eigenvalue weighted by Gasteiger charge is -2.31. The molecule has 1 heterocycles. The smallest absolute Gasteiger partial charge is 0.319 e. The zero-order valence-electron chi connectivity index (χ0n) is 9.61. The minimum absolute atomic E-state index is 0.0824. The Kier molecular flexibility index (Phi) is 4.84. The lowest BCUT2D eigenvalue weighted by Crippen LogP contribution is -2.47. The van der Waals surface area contributed by atoms with E-state index < -0.39 is 0 Å². The first-order valence-corrected chi connectivity index (χ1v) is 5.44. The SMILES string of the molecule is CC(N)CCN(C)C(=O)N1CCOCC1. The molecule has 1 unspecified atom stereocenters. The normalized spacial score (nSPS) is 18.7. The second-order valence-electron chi connectivity index (χ2n) is 4.07. The summed E-state index contributed by atoms with van der Waals surface area (Å²) in [6.07, 6.45) is 0.840. The summed E-state index contributed by atoms with van der Waals surface area (Å²) in [5.74, 6) is 0. The summed E-state index contributed by atoms with van der Waals surface area (Å²) < 4.78 is 5.20. The maximum atomic E-state index is 11.9. The first-order chi connectivity index (χ1) is 7.11. The minimum atomic E-state index is 0.0824. The third-order valence-corrected chi connectivity index (χ3v) is 2.53. The van der Waals surface area contributed by atoms with Crippen LogP contribution in [0.2, 0.25) is 0 Å². The Morgan fingerprint density at radius 2 is 2.13 bits per heavy atom. The summed E-state index contributed by atoms with van der Waals surface area (Å²) in [4.78, 5) is 15.4. The second-order valence-corrected chi connectivity index (χ2v) is 4.07. The molecule has 1 saturated heterocycles. The molecule has 0 aromatic carbocycles. The van der Waals surface area contributed by atoms with E-state index in [9.17, 15) is 4.79 Å². The summed E-state index contributed by atoms with van der Waals surface area (Å²) >= 11 is 0. The summed E-state index contributed by atoms with van der Waals surface area (Å²) in [7, 11) is 1.82. The predicted octanol–water partition coefficient (Wildman–Crippen LogP) is 0.108. The van der Waals surface area contributed by atoms with E-state index in [1.807, 2.05) is 18.9 Å². The molecule has 0 aromatic heterocycles. The van der Waals surface area contributed by atoms with Crippen molar-refractivity contribution in [2.75, 3.05) is 39.9 Å². The third kappa shape index (κ3) is 4.05. The molecule has 1 rings (SSSR count). The Morgan fingerprint density at radius 1 is 1.53 bits per heavy atom. The Balaban J connectivity index is 2.30. The summed E-state index contributed by atoms with van der Waals surface area (Å²) in [5, 5.41) is 0. The molecule has 5 heteroatoms. The van der Waals surface area contributed by atoms with Crippen LogP contribution in [0, 0.1) is 0 Å². The van der Waals surface area contributed by atoms with Gasteiger partial charge in [0.2, 0.25) is 0 Å². The quantitative estimate of drug-likeness (QED) is 0.727. The standard InChI is InChI=1S/C10H21N3O2/c1-9(11)3-4-12(2)10(14)13-5-7-15-8-6-13/h9H,3-8,11H2,1-2H3. The Morgan fingerprint density at radius 3 is 2.67 bits per heavy atom. The van der Waals surface area contributed by atoms with Crippen LogP contribution in [0.25, 0.3) is 0 Å². The van der Waals surface area contributed by atoms with E-state index >= 15 is 0 Å². The number of ether oxygens (including phenoxy) is 1. The molecule has 1 fully saturated rings. The molecular formula is C10H21N3O2. The second kappa shape index (κ2) is 5.92. The zero-order valence-corrected chi connectivity index (χ0v) is 9.61. The number of nitrogens with zero attached hydrogens (tertiary/aromatic N) is 2. The number of nitrogens with two attached hydrogens (primary N) is 1. The lowest BCUT2D eigenvalue weighted by atomic mass is 10.2. The fourth-order valence-electron chi connectivity index (χ4n) is 1.49. The lowest BCUT2D eigenvalue weighted by molar-refractivity contribution is 0.0451. The van der Waals surface area contributed by atoms with Gasteiger partial charge in [0.15, 0.2) is 0 Å². The minimum Gasteiger partial charge on any atom is -0.378 e. The molecule has 5 nitrogen and oxygen atoms in total. The highest BCUT2D eigenvalue weighted by Crippen LogP contribution is 2.02. The van der Waals surface area contributed by atoms with Gasteiger partial charge >= 0.3 is 6.03 Å².